The van der Waals surface area contributed by atoms with Crippen LogP contribution in [0.4, 0.5) is 0 Å². The molecule has 15 heavy (non-hydrogen) atoms. The first-order valence-corrected chi connectivity index (χ1v) is 6.50. The maximum atomic E-state index is 3.58. The lowest BCUT2D eigenvalue weighted by atomic mass is 10.1. The van der Waals surface area contributed by atoms with Gasteiger partial charge < -0.3 is 5.32 Å². The van der Waals surface area contributed by atoms with Gasteiger partial charge in [-0.2, -0.15) is 0 Å². The summed E-state index contributed by atoms with van der Waals surface area (Å²) < 4.78 is 1.23. The molecule has 0 aliphatic rings. The van der Waals surface area contributed by atoms with Crippen molar-refractivity contribution < 1.29 is 0 Å². The Morgan fingerprint density at radius 3 is 2.73 bits per heavy atom. The average molecular weight is 270 g/mol. The van der Waals surface area contributed by atoms with E-state index >= 15 is 0 Å². The highest BCUT2D eigenvalue weighted by molar-refractivity contribution is 9.10. The summed E-state index contributed by atoms with van der Waals surface area (Å²) in [6.07, 6.45) is 3.54. The van der Waals surface area contributed by atoms with Gasteiger partial charge in [0.2, 0.25) is 0 Å². The van der Waals surface area contributed by atoms with E-state index in [9.17, 15) is 0 Å². The highest BCUT2D eigenvalue weighted by Gasteiger charge is 2.03. The lowest BCUT2D eigenvalue weighted by Crippen LogP contribution is -2.27. The van der Waals surface area contributed by atoms with Crippen LogP contribution in [0, 0.1) is 0 Å². The van der Waals surface area contributed by atoms with Crippen LogP contribution < -0.4 is 5.32 Å². The van der Waals surface area contributed by atoms with E-state index in [4.69, 9.17) is 0 Å². The fourth-order valence-electron chi connectivity index (χ4n) is 1.57. The van der Waals surface area contributed by atoms with E-state index in [1.54, 1.807) is 0 Å². The van der Waals surface area contributed by atoms with Crippen molar-refractivity contribution in [1.82, 2.24) is 5.32 Å². The molecule has 0 aliphatic heterocycles. The molecule has 0 radical (unpaired) electrons. The summed E-state index contributed by atoms with van der Waals surface area (Å²) >= 11 is 3.58. The lowest BCUT2D eigenvalue weighted by molar-refractivity contribution is 0.513. The summed E-state index contributed by atoms with van der Waals surface area (Å²) in [6.45, 7) is 5.58. The largest absolute Gasteiger partial charge is 0.314 e. The minimum atomic E-state index is 0.608. The maximum Gasteiger partial charge on any atom is 0.0207 e. The Morgan fingerprint density at radius 2 is 2.07 bits per heavy atom. The molecule has 1 aromatic rings. The molecule has 2 heteroatoms. The van der Waals surface area contributed by atoms with E-state index in [-0.39, 0.29) is 0 Å². The van der Waals surface area contributed by atoms with Gasteiger partial charge in [0.25, 0.3) is 0 Å². The topological polar surface area (TPSA) is 12.0 Å². The van der Waals surface area contributed by atoms with Crippen LogP contribution in [0.1, 0.15) is 32.3 Å². The minimum Gasteiger partial charge on any atom is -0.314 e. The number of halogens is 1. The number of benzene rings is 1. The van der Waals surface area contributed by atoms with E-state index in [0.717, 1.165) is 13.0 Å². The lowest BCUT2D eigenvalue weighted by Gasteiger charge is -2.13. The molecule has 0 spiro atoms. The molecule has 1 rings (SSSR count). The van der Waals surface area contributed by atoms with Crippen molar-refractivity contribution in [1.29, 1.82) is 0 Å². The number of hydrogen-bond donors (Lipinski definition) is 1. The summed E-state index contributed by atoms with van der Waals surface area (Å²) in [7, 11) is 0. The summed E-state index contributed by atoms with van der Waals surface area (Å²) in [6, 6.07) is 9.07. The van der Waals surface area contributed by atoms with E-state index in [1.165, 1.54) is 22.9 Å². The zero-order valence-electron chi connectivity index (χ0n) is 9.59. The van der Waals surface area contributed by atoms with Crippen LogP contribution >= 0.6 is 15.9 Å². The molecule has 1 N–H and O–H groups in total. The van der Waals surface area contributed by atoms with Gasteiger partial charge in [-0.05, 0) is 44.4 Å². The third-order valence-corrected chi connectivity index (χ3v) is 3.32. The van der Waals surface area contributed by atoms with Crippen molar-refractivity contribution in [2.24, 2.45) is 0 Å². The van der Waals surface area contributed by atoms with Crippen LogP contribution in [0.25, 0.3) is 0 Å². The maximum absolute atomic E-state index is 3.58. The number of nitrogens with one attached hydrogen (secondary N) is 1. The number of aryl methyl sites for hydroxylation is 1. The van der Waals surface area contributed by atoms with Gasteiger partial charge in [-0.3, -0.25) is 0 Å². The molecule has 0 aliphatic carbocycles. The fraction of sp³-hybridized carbons (Fsp3) is 0.538. The van der Waals surface area contributed by atoms with E-state index in [0.29, 0.717) is 6.04 Å². The molecular formula is C13H20BrN. The fourth-order valence-corrected chi connectivity index (χ4v) is 2.05. The van der Waals surface area contributed by atoms with Crippen molar-refractivity contribution in [2.45, 2.75) is 39.2 Å². The molecule has 84 valence electrons. The Morgan fingerprint density at radius 1 is 1.33 bits per heavy atom. The summed E-state index contributed by atoms with van der Waals surface area (Å²) in [5, 5.41) is 3.51. The van der Waals surface area contributed by atoms with Crippen LogP contribution in [-0.4, -0.2) is 12.6 Å². The van der Waals surface area contributed by atoms with Gasteiger partial charge in [0, 0.05) is 10.5 Å². The van der Waals surface area contributed by atoms with Gasteiger partial charge in [0.05, 0.1) is 0 Å². The summed E-state index contributed by atoms with van der Waals surface area (Å²) in [5.41, 5.74) is 1.41. The van der Waals surface area contributed by atoms with Gasteiger partial charge in [0.15, 0.2) is 0 Å². The zero-order chi connectivity index (χ0) is 11.1. The van der Waals surface area contributed by atoms with Crippen molar-refractivity contribution in [3.05, 3.63) is 34.3 Å². The van der Waals surface area contributed by atoms with Crippen molar-refractivity contribution in [3.63, 3.8) is 0 Å². The molecule has 1 unspecified atom stereocenters. The minimum absolute atomic E-state index is 0.608. The highest BCUT2D eigenvalue weighted by atomic mass is 79.9. The normalized spacial score (nSPS) is 12.7. The standard InChI is InChI=1S/C13H20BrN/c1-3-10-15-11(2)8-9-12-6-4-5-7-13(12)14/h4-7,11,15H,3,8-10H2,1-2H3. The Labute approximate surface area is 101 Å². The molecule has 0 heterocycles. The molecular weight excluding hydrogens is 250 g/mol. The summed E-state index contributed by atoms with van der Waals surface area (Å²) in [5.74, 6) is 0. The molecule has 0 aromatic heterocycles. The Bertz CT molecular complexity index is 286. The molecule has 0 fully saturated rings. The Balaban J connectivity index is 2.33. The molecule has 1 nitrogen and oxygen atoms in total. The molecule has 0 saturated heterocycles. The van der Waals surface area contributed by atoms with Crippen molar-refractivity contribution in [3.8, 4) is 0 Å². The van der Waals surface area contributed by atoms with Crippen LogP contribution in [0.15, 0.2) is 28.7 Å². The second-order valence-electron chi connectivity index (χ2n) is 3.99. The quantitative estimate of drug-likeness (QED) is 0.829. The van der Waals surface area contributed by atoms with Gasteiger partial charge in [0.1, 0.15) is 0 Å². The highest BCUT2D eigenvalue weighted by Crippen LogP contribution is 2.17. The third kappa shape index (κ3) is 4.80. The molecule has 1 atom stereocenters. The van der Waals surface area contributed by atoms with Crippen LogP contribution in [0.5, 0.6) is 0 Å². The summed E-state index contributed by atoms with van der Waals surface area (Å²) in [4.78, 5) is 0. The van der Waals surface area contributed by atoms with Crippen molar-refractivity contribution in [2.75, 3.05) is 6.54 Å². The predicted octanol–water partition coefficient (Wildman–Crippen LogP) is 3.77. The molecule has 0 bridgehead atoms. The first kappa shape index (κ1) is 12.7. The number of rotatable bonds is 6. The molecule has 0 amide bonds. The SMILES string of the molecule is CCCNC(C)CCc1ccccc1Br. The third-order valence-electron chi connectivity index (χ3n) is 2.55. The molecule has 0 saturated carbocycles. The predicted molar refractivity (Wildman–Crippen MR) is 70.2 cm³/mol. The van der Waals surface area contributed by atoms with Crippen LogP contribution in [0.3, 0.4) is 0 Å². The van der Waals surface area contributed by atoms with Crippen LogP contribution in [-0.2, 0) is 6.42 Å². The smallest absolute Gasteiger partial charge is 0.0207 e. The average Bonchev–Trinajstić information content (AvgIpc) is 2.25. The first-order valence-electron chi connectivity index (χ1n) is 5.70. The Hall–Kier alpha value is -0.340. The van der Waals surface area contributed by atoms with Gasteiger partial charge >= 0.3 is 0 Å². The Kier molecular flexibility index (Phi) is 5.96. The van der Waals surface area contributed by atoms with Crippen molar-refractivity contribution >= 4 is 15.9 Å². The monoisotopic (exact) mass is 269 g/mol. The zero-order valence-corrected chi connectivity index (χ0v) is 11.2. The molecule has 1 aromatic carbocycles. The second kappa shape index (κ2) is 7.02. The van der Waals surface area contributed by atoms with E-state index in [1.807, 2.05) is 0 Å². The van der Waals surface area contributed by atoms with E-state index < -0.39 is 0 Å². The van der Waals surface area contributed by atoms with Gasteiger partial charge in [-0.15, -0.1) is 0 Å². The first-order chi connectivity index (χ1) is 7.24. The van der Waals surface area contributed by atoms with Gasteiger partial charge in [-0.1, -0.05) is 41.1 Å². The second-order valence-corrected chi connectivity index (χ2v) is 4.84. The number of hydrogen-bond acceptors (Lipinski definition) is 1. The van der Waals surface area contributed by atoms with Gasteiger partial charge in [-0.25, -0.2) is 0 Å². The van der Waals surface area contributed by atoms with Crippen LogP contribution in [0.2, 0.25) is 0 Å². The van der Waals surface area contributed by atoms with E-state index in [2.05, 4.69) is 59.4 Å².